The zero-order chi connectivity index (χ0) is 35.0. The van der Waals surface area contributed by atoms with Crippen molar-refractivity contribution in [3.05, 3.63) is 49.1 Å². The zero-order valence-corrected chi connectivity index (χ0v) is 30.3. The first-order chi connectivity index (χ1) is 23.6. The van der Waals surface area contributed by atoms with Crippen molar-refractivity contribution < 1.29 is 17.9 Å². The van der Waals surface area contributed by atoms with Gasteiger partial charge in [0.25, 0.3) is 0 Å². The minimum absolute atomic E-state index is 0.0629. The van der Waals surface area contributed by atoms with E-state index >= 15 is 0 Å². The predicted octanol–water partition coefficient (Wildman–Crippen LogP) is 5.86. The molecule has 2 aromatic carbocycles. The Labute approximate surface area is 290 Å². The summed E-state index contributed by atoms with van der Waals surface area (Å²) in [7, 11) is 0.329. The largest absolute Gasteiger partial charge is 0.377 e. The summed E-state index contributed by atoms with van der Waals surface area (Å²) in [6.45, 7) is 7.85. The fourth-order valence-electron chi connectivity index (χ4n) is 6.69. The average Bonchev–Trinajstić information content (AvgIpc) is 3.65. The lowest BCUT2D eigenvalue weighted by Crippen LogP contribution is -2.37. The minimum atomic E-state index is -3.59. The summed E-state index contributed by atoms with van der Waals surface area (Å²) in [5.74, 6) is 0.801. The molecule has 266 valence electrons. The molecule has 0 aliphatic carbocycles. The lowest BCUT2D eigenvalue weighted by Gasteiger charge is -2.17. The van der Waals surface area contributed by atoms with Gasteiger partial charge in [0.05, 0.1) is 11.2 Å². The lowest BCUT2D eigenvalue weighted by molar-refractivity contribution is -0.135. The summed E-state index contributed by atoms with van der Waals surface area (Å²) in [5.41, 5.74) is 2.39. The van der Waals surface area contributed by atoms with E-state index in [0.717, 1.165) is 74.4 Å². The van der Waals surface area contributed by atoms with Crippen LogP contribution in [0.2, 0.25) is 0 Å². The first kappa shape index (κ1) is 36.5. The van der Waals surface area contributed by atoms with E-state index in [2.05, 4.69) is 37.2 Å². The molecule has 2 aromatic heterocycles. The number of nitrogens with zero attached hydrogens (tertiary/aromatic N) is 5. The van der Waals surface area contributed by atoms with Crippen LogP contribution in [0.15, 0.2) is 53.9 Å². The topological polar surface area (TPSA) is 143 Å². The second-order valence-corrected chi connectivity index (χ2v) is 15.0. The quantitative estimate of drug-likeness (QED) is 0.109. The number of fused-ring (bicyclic) bond motifs is 2. The van der Waals surface area contributed by atoms with Gasteiger partial charge in [-0.1, -0.05) is 76.6 Å². The van der Waals surface area contributed by atoms with Crippen LogP contribution in [0.5, 0.6) is 0 Å². The molecule has 1 aliphatic rings. The van der Waals surface area contributed by atoms with Crippen LogP contribution in [0.3, 0.4) is 0 Å². The first-order valence-corrected chi connectivity index (χ1v) is 19.2. The number of rotatable bonds is 18. The van der Waals surface area contributed by atoms with Gasteiger partial charge in [0, 0.05) is 56.1 Å². The average molecular weight is 693 g/mol. The second-order valence-electron chi connectivity index (χ2n) is 13.3. The molecule has 49 heavy (non-hydrogen) atoms. The molecule has 5 rings (SSSR count). The highest BCUT2D eigenvalue weighted by Crippen LogP contribution is 2.40. The van der Waals surface area contributed by atoms with Gasteiger partial charge in [0.2, 0.25) is 15.9 Å². The Bertz CT molecular complexity index is 1810. The van der Waals surface area contributed by atoms with Crippen LogP contribution in [-0.4, -0.2) is 73.7 Å². The van der Waals surface area contributed by atoms with Crippen LogP contribution in [0.1, 0.15) is 78.4 Å². The van der Waals surface area contributed by atoms with Gasteiger partial charge < -0.3 is 20.3 Å². The molecular weight excluding hydrogens is 641 g/mol. The van der Waals surface area contributed by atoms with Crippen molar-refractivity contribution in [1.82, 2.24) is 29.6 Å². The summed E-state index contributed by atoms with van der Waals surface area (Å²) in [4.78, 5) is 28.4. The number of nitrogens with one attached hydrogen (secondary N) is 3. The van der Waals surface area contributed by atoms with Crippen LogP contribution in [0.25, 0.3) is 21.9 Å². The highest BCUT2D eigenvalue weighted by Gasteiger charge is 2.44. The molecule has 1 aliphatic heterocycles. The summed E-state index contributed by atoms with van der Waals surface area (Å²) < 4.78 is 37.2. The number of benzene rings is 2. The smallest absolute Gasteiger partial charge is 0.249 e. The molecule has 13 heteroatoms. The maximum absolute atomic E-state index is 13.1. The van der Waals surface area contributed by atoms with Crippen molar-refractivity contribution in [2.75, 3.05) is 43.9 Å². The van der Waals surface area contributed by atoms with E-state index in [4.69, 9.17) is 4.74 Å². The van der Waals surface area contributed by atoms with Crippen LogP contribution in [0, 0.1) is 11.8 Å². The van der Waals surface area contributed by atoms with E-state index in [0.29, 0.717) is 35.0 Å². The standard InChI is InChI=1S/C36H52N8O4S/c1-6-37-35(45)32-25(2)26(3)36(48-32)44-24-41-31-33(39-23-40-34(31)44)38-21-13-11-9-7-8-10-12-14-22-42-49(46,47)30-20-16-17-27-28(30)18-15-19-29(27)43(4)5/h15-20,23-26,32,36,42H,6-14,21-22H2,1-5H3,(H,37,45)(H,38,39,40)/t25-,26+,32-,36+/m0/s1. The van der Waals surface area contributed by atoms with Gasteiger partial charge in [0.15, 0.2) is 17.0 Å². The Kier molecular flexibility index (Phi) is 12.5. The third kappa shape index (κ3) is 8.50. The SMILES string of the molecule is CCNC(=O)[C@H]1O[C@@H](n2cnc3c(NCCCCCCCCCCNS(=O)(=O)c4cccc5c(N(C)C)cccc45)ncnc32)[C@H](C)[C@@H]1C. The van der Waals surface area contributed by atoms with E-state index < -0.39 is 16.1 Å². The normalized spacial score (nSPS) is 19.4. The van der Waals surface area contributed by atoms with Crippen LogP contribution in [0.4, 0.5) is 11.5 Å². The summed E-state index contributed by atoms with van der Waals surface area (Å²) >= 11 is 0. The maximum atomic E-state index is 13.1. The van der Waals surface area contributed by atoms with Crippen LogP contribution in [-0.2, 0) is 19.6 Å². The van der Waals surface area contributed by atoms with Gasteiger partial charge in [-0.25, -0.2) is 28.1 Å². The molecule has 0 radical (unpaired) electrons. The molecule has 3 heterocycles. The van der Waals surface area contributed by atoms with E-state index in [-0.39, 0.29) is 24.0 Å². The van der Waals surface area contributed by atoms with Crippen molar-refractivity contribution >= 4 is 49.4 Å². The number of carbonyl (C=O) groups excluding carboxylic acids is 1. The molecule has 12 nitrogen and oxygen atoms in total. The molecule has 4 atom stereocenters. The van der Waals surface area contributed by atoms with E-state index in [9.17, 15) is 13.2 Å². The Morgan fingerprint density at radius 2 is 1.55 bits per heavy atom. The van der Waals surface area contributed by atoms with Crippen molar-refractivity contribution in [3.63, 3.8) is 0 Å². The number of hydrogen-bond acceptors (Lipinski definition) is 9. The van der Waals surface area contributed by atoms with Crippen LogP contribution < -0.4 is 20.3 Å². The number of hydrogen-bond donors (Lipinski definition) is 3. The number of ether oxygens (including phenoxy) is 1. The number of imidazole rings is 1. The molecule has 3 N–H and O–H groups in total. The van der Waals surface area contributed by atoms with E-state index in [1.165, 1.54) is 0 Å². The van der Waals surface area contributed by atoms with Gasteiger partial charge in [0.1, 0.15) is 18.7 Å². The van der Waals surface area contributed by atoms with Gasteiger partial charge in [-0.2, -0.15) is 0 Å². The molecule has 0 spiro atoms. The fraction of sp³-hybridized carbons (Fsp3) is 0.556. The van der Waals surface area contributed by atoms with E-state index in [1.807, 2.05) is 67.7 Å². The summed E-state index contributed by atoms with van der Waals surface area (Å²) in [6.07, 6.45) is 10.9. The highest BCUT2D eigenvalue weighted by atomic mass is 32.2. The monoisotopic (exact) mass is 692 g/mol. The number of sulfonamides is 1. The third-order valence-corrected chi connectivity index (χ3v) is 11.1. The van der Waals surface area contributed by atoms with E-state index in [1.54, 1.807) is 18.7 Å². The molecule has 0 bridgehead atoms. The number of anilines is 2. The Morgan fingerprint density at radius 1 is 0.878 bits per heavy atom. The van der Waals surface area contributed by atoms with Gasteiger partial charge in [-0.15, -0.1) is 0 Å². The number of amides is 1. The van der Waals surface area contributed by atoms with Gasteiger partial charge >= 0.3 is 0 Å². The highest BCUT2D eigenvalue weighted by molar-refractivity contribution is 7.89. The number of carbonyl (C=O) groups is 1. The lowest BCUT2D eigenvalue weighted by atomic mass is 9.92. The van der Waals surface area contributed by atoms with Crippen molar-refractivity contribution in [3.8, 4) is 0 Å². The third-order valence-electron chi connectivity index (χ3n) is 9.60. The Hall–Kier alpha value is -3.81. The molecule has 0 saturated carbocycles. The van der Waals surface area contributed by atoms with Crippen molar-refractivity contribution in [2.24, 2.45) is 11.8 Å². The number of likely N-dealkylation sites (N-methyl/N-ethyl adjacent to an activating group) is 1. The molecule has 4 aromatic rings. The number of aromatic nitrogens is 4. The second kappa shape index (κ2) is 16.7. The van der Waals surface area contributed by atoms with Crippen LogP contribution >= 0.6 is 0 Å². The minimum Gasteiger partial charge on any atom is -0.377 e. The van der Waals surface area contributed by atoms with Gasteiger partial charge in [-0.3, -0.25) is 9.36 Å². The zero-order valence-electron chi connectivity index (χ0n) is 29.5. The van der Waals surface area contributed by atoms with Crippen molar-refractivity contribution in [2.45, 2.75) is 89.4 Å². The Morgan fingerprint density at radius 3 is 2.27 bits per heavy atom. The first-order valence-electron chi connectivity index (χ1n) is 17.7. The summed E-state index contributed by atoms with van der Waals surface area (Å²) in [6, 6.07) is 11.2. The molecule has 1 saturated heterocycles. The fourth-order valence-corrected chi connectivity index (χ4v) is 7.98. The molecule has 0 unspecified atom stereocenters. The predicted molar refractivity (Wildman–Crippen MR) is 195 cm³/mol. The molecular formula is C36H52N8O4S. The molecule has 1 amide bonds. The maximum Gasteiger partial charge on any atom is 0.249 e. The number of unbranched alkanes of at least 4 members (excludes halogenated alkanes) is 7. The van der Waals surface area contributed by atoms with Gasteiger partial charge in [-0.05, 0) is 37.8 Å². The molecule has 1 fully saturated rings. The Balaban J connectivity index is 0.980. The summed E-state index contributed by atoms with van der Waals surface area (Å²) in [5, 5.41) is 7.98. The van der Waals surface area contributed by atoms with Crippen molar-refractivity contribution in [1.29, 1.82) is 0 Å².